The summed E-state index contributed by atoms with van der Waals surface area (Å²) >= 11 is 1.84. The first-order valence-electron chi connectivity index (χ1n) is 12.5. The van der Waals surface area contributed by atoms with Gasteiger partial charge in [-0.05, 0) is 47.4 Å². The molecule has 36 heavy (non-hydrogen) atoms. The number of ether oxygens (including phenoxy) is 2. The average Bonchev–Trinajstić information content (AvgIpc) is 2.94. The summed E-state index contributed by atoms with van der Waals surface area (Å²) in [6.45, 7) is 3.32. The summed E-state index contributed by atoms with van der Waals surface area (Å²) in [5.41, 5.74) is 3.62. The van der Waals surface area contributed by atoms with E-state index in [9.17, 15) is 4.39 Å². The van der Waals surface area contributed by atoms with Crippen molar-refractivity contribution >= 4 is 11.8 Å². The van der Waals surface area contributed by atoms with Gasteiger partial charge in [0.05, 0.1) is 11.4 Å². The fourth-order valence-corrected chi connectivity index (χ4v) is 5.78. The van der Waals surface area contributed by atoms with Crippen molar-refractivity contribution in [2.75, 3.05) is 19.0 Å². The van der Waals surface area contributed by atoms with Crippen molar-refractivity contribution in [1.82, 2.24) is 0 Å². The molecule has 0 aliphatic heterocycles. The van der Waals surface area contributed by atoms with E-state index in [-0.39, 0.29) is 11.9 Å². The number of thioether (sulfide) groups is 1. The zero-order chi connectivity index (χ0) is 25.1. The first-order valence-corrected chi connectivity index (χ1v) is 13.5. The molecule has 186 valence electrons. The van der Waals surface area contributed by atoms with Crippen molar-refractivity contribution in [3.63, 3.8) is 0 Å². The number of hydrogen-bond acceptors (Lipinski definition) is 3. The van der Waals surface area contributed by atoms with Gasteiger partial charge < -0.3 is 9.47 Å². The molecule has 0 fully saturated rings. The second-order valence-electron chi connectivity index (χ2n) is 8.71. The largest absolute Gasteiger partial charge is 0.487 e. The molecule has 4 heteroatoms. The molecule has 0 bridgehead atoms. The SMILES string of the molecule is CCCCOC[C@@H](CSC(c1ccccc1)(c1ccccc1)c1ccccc1)Oc1ccc(F)cc1. The van der Waals surface area contributed by atoms with E-state index >= 15 is 0 Å². The Labute approximate surface area is 218 Å². The molecule has 4 aromatic rings. The fraction of sp³-hybridized carbons (Fsp3) is 0.250. The summed E-state index contributed by atoms with van der Waals surface area (Å²) in [4.78, 5) is 0. The highest BCUT2D eigenvalue weighted by molar-refractivity contribution is 8.00. The van der Waals surface area contributed by atoms with Crippen molar-refractivity contribution in [3.05, 3.63) is 138 Å². The van der Waals surface area contributed by atoms with Gasteiger partial charge in [0.15, 0.2) is 0 Å². The van der Waals surface area contributed by atoms with E-state index in [0.717, 1.165) is 12.8 Å². The Morgan fingerprint density at radius 3 is 1.69 bits per heavy atom. The van der Waals surface area contributed by atoms with Crippen LogP contribution in [-0.2, 0) is 9.48 Å². The van der Waals surface area contributed by atoms with Gasteiger partial charge in [-0.25, -0.2) is 4.39 Å². The van der Waals surface area contributed by atoms with Gasteiger partial charge in [0.2, 0.25) is 0 Å². The minimum atomic E-state index is -0.433. The standard InChI is InChI=1S/C32H33FO2S/c1-2-3-23-34-24-31(35-30-21-19-29(33)20-22-30)25-36-32(26-13-7-4-8-14-26,27-15-9-5-10-16-27)28-17-11-6-12-18-28/h4-22,31H,2-3,23-25H2,1H3/t31-/m0/s1. The van der Waals surface area contributed by atoms with Crippen LogP contribution in [0.2, 0.25) is 0 Å². The molecular formula is C32H33FO2S. The molecular weight excluding hydrogens is 467 g/mol. The van der Waals surface area contributed by atoms with Gasteiger partial charge in [0.1, 0.15) is 17.7 Å². The second-order valence-corrected chi connectivity index (χ2v) is 9.95. The summed E-state index contributed by atoms with van der Waals surface area (Å²) in [6, 6.07) is 38.1. The quantitative estimate of drug-likeness (QED) is 0.136. The summed E-state index contributed by atoms with van der Waals surface area (Å²) in [5, 5.41) is 0. The van der Waals surface area contributed by atoms with E-state index < -0.39 is 4.75 Å². The van der Waals surface area contributed by atoms with Crippen LogP contribution in [0.25, 0.3) is 0 Å². The molecule has 0 unspecified atom stereocenters. The zero-order valence-corrected chi connectivity index (χ0v) is 21.5. The van der Waals surface area contributed by atoms with Crippen molar-refractivity contribution < 1.29 is 13.9 Å². The topological polar surface area (TPSA) is 18.5 Å². The molecule has 0 amide bonds. The first kappa shape index (κ1) is 26.0. The summed E-state index contributed by atoms with van der Waals surface area (Å²) in [5.74, 6) is 1.05. The van der Waals surface area contributed by atoms with Gasteiger partial charge >= 0.3 is 0 Å². The highest BCUT2D eigenvalue weighted by Crippen LogP contribution is 2.48. The van der Waals surface area contributed by atoms with Gasteiger partial charge in [0.25, 0.3) is 0 Å². The summed E-state index contributed by atoms with van der Waals surface area (Å²) in [6.07, 6.45) is 1.89. The highest BCUT2D eigenvalue weighted by Gasteiger charge is 2.37. The van der Waals surface area contributed by atoms with Crippen LogP contribution in [0.3, 0.4) is 0 Å². The molecule has 4 aromatic carbocycles. The van der Waals surface area contributed by atoms with Gasteiger partial charge in [-0.2, -0.15) is 0 Å². The molecule has 0 radical (unpaired) electrons. The van der Waals surface area contributed by atoms with Crippen LogP contribution in [0.4, 0.5) is 4.39 Å². The fourth-order valence-electron chi connectivity index (χ4n) is 4.27. The Hall–Kier alpha value is -3.08. The van der Waals surface area contributed by atoms with Crippen LogP contribution in [0.1, 0.15) is 36.5 Å². The molecule has 2 nitrogen and oxygen atoms in total. The maximum Gasteiger partial charge on any atom is 0.131 e. The maximum atomic E-state index is 13.5. The van der Waals surface area contributed by atoms with E-state index in [1.54, 1.807) is 12.1 Å². The zero-order valence-electron chi connectivity index (χ0n) is 20.7. The van der Waals surface area contributed by atoms with Crippen LogP contribution in [0.15, 0.2) is 115 Å². The van der Waals surface area contributed by atoms with Gasteiger partial charge in [-0.3, -0.25) is 0 Å². The van der Waals surface area contributed by atoms with Crippen LogP contribution < -0.4 is 4.74 Å². The lowest BCUT2D eigenvalue weighted by molar-refractivity contribution is 0.0592. The minimum Gasteiger partial charge on any atom is -0.487 e. The third-order valence-electron chi connectivity index (χ3n) is 6.09. The van der Waals surface area contributed by atoms with Gasteiger partial charge in [0, 0.05) is 12.4 Å². The number of halogens is 1. The lowest BCUT2D eigenvalue weighted by atomic mass is 9.84. The molecule has 4 rings (SSSR count). The Morgan fingerprint density at radius 1 is 0.722 bits per heavy atom. The Morgan fingerprint density at radius 2 is 1.22 bits per heavy atom. The first-order chi connectivity index (χ1) is 17.7. The molecule has 0 spiro atoms. The van der Waals surface area contributed by atoms with E-state index in [4.69, 9.17) is 9.47 Å². The van der Waals surface area contributed by atoms with Crippen molar-refractivity contribution in [2.45, 2.75) is 30.6 Å². The molecule has 0 saturated carbocycles. The van der Waals surface area contributed by atoms with E-state index in [1.807, 2.05) is 11.8 Å². The predicted molar refractivity (Wildman–Crippen MR) is 148 cm³/mol. The summed E-state index contributed by atoms with van der Waals surface area (Å²) < 4.78 is 25.4. The van der Waals surface area contributed by atoms with E-state index in [2.05, 4.69) is 97.9 Å². The third-order valence-corrected chi connectivity index (χ3v) is 7.77. The molecule has 0 aliphatic carbocycles. The van der Waals surface area contributed by atoms with E-state index in [1.165, 1.54) is 28.8 Å². The lowest BCUT2D eigenvalue weighted by Gasteiger charge is -2.36. The molecule has 0 aliphatic rings. The lowest BCUT2D eigenvalue weighted by Crippen LogP contribution is -2.32. The van der Waals surface area contributed by atoms with Gasteiger partial charge in [-0.15, -0.1) is 11.8 Å². The number of hydrogen-bond donors (Lipinski definition) is 0. The van der Waals surface area contributed by atoms with Crippen molar-refractivity contribution in [1.29, 1.82) is 0 Å². The molecule has 1 atom stereocenters. The van der Waals surface area contributed by atoms with Crippen LogP contribution >= 0.6 is 11.8 Å². The number of unbranched alkanes of at least 4 members (excludes halogenated alkanes) is 1. The normalized spacial score (nSPS) is 12.3. The maximum absolute atomic E-state index is 13.5. The predicted octanol–water partition coefficient (Wildman–Crippen LogP) is 8.12. The smallest absolute Gasteiger partial charge is 0.131 e. The molecule has 0 saturated heterocycles. The van der Waals surface area contributed by atoms with Crippen LogP contribution in [0, 0.1) is 5.82 Å². The minimum absolute atomic E-state index is 0.201. The van der Waals surface area contributed by atoms with Gasteiger partial charge in [-0.1, -0.05) is 104 Å². The Balaban J connectivity index is 1.69. The van der Waals surface area contributed by atoms with Crippen LogP contribution in [0.5, 0.6) is 5.75 Å². The van der Waals surface area contributed by atoms with Crippen LogP contribution in [-0.4, -0.2) is 25.1 Å². The average molecular weight is 501 g/mol. The summed E-state index contributed by atoms with van der Waals surface area (Å²) in [7, 11) is 0. The second kappa shape index (κ2) is 13.3. The Bertz CT molecular complexity index is 1050. The highest BCUT2D eigenvalue weighted by atomic mass is 32.2. The molecule has 0 N–H and O–H groups in total. The van der Waals surface area contributed by atoms with Crippen molar-refractivity contribution in [3.8, 4) is 5.75 Å². The number of benzene rings is 4. The van der Waals surface area contributed by atoms with E-state index in [0.29, 0.717) is 24.7 Å². The third kappa shape index (κ3) is 6.57. The molecule has 0 aromatic heterocycles. The molecule has 0 heterocycles. The number of rotatable bonds is 13. The van der Waals surface area contributed by atoms with Crippen molar-refractivity contribution in [2.24, 2.45) is 0 Å². The monoisotopic (exact) mass is 500 g/mol. The Kier molecular flexibility index (Phi) is 9.60.